The number of rotatable bonds is 3. The molecular formula is C15H18N2O2. The molecule has 4 nitrogen and oxygen atoms in total. The maximum Gasteiger partial charge on any atom is 0.253 e. The highest BCUT2D eigenvalue weighted by molar-refractivity contribution is 5.97. The fourth-order valence-corrected chi connectivity index (χ4v) is 1.82. The molecule has 1 aliphatic rings. The van der Waals surface area contributed by atoms with Crippen LogP contribution in [0.4, 0.5) is 0 Å². The van der Waals surface area contributed by atoms with Crippen molar-refractivity contribution in [2.24, 2.45) is 0 Å². The summed E-state index contributed by atoms with van der Waals surface area (Å²) in [6, 6.07) is 12.0. The van der Waals surface area contributed by atoms with Crippen LogP contribution in [0.25, 0.3) is 0 Å². The van der Waals surface area contributed by atoms with E-state index in [9.17, 15) is 4.79 Å². The first-order valence-corrected chi connectivity index (χ1v) is 6.37. The summed E-state index contributed by atoms with van der Waals surface area (Å²) >= 11 is 0. The summed E-state index contributed by atoms with van der Waals surface area (Å²) in [6.07, 6.45) is 1.78. The number of aromatic nitrogens is 1. The first-order chi connectivity index (χ1) is 9.31. The van der Waals surface area contributed by atoms with E-state index in [2.05, 4.69) is 22.4 Å². The highest BCUT2D eigenvalue weighted by Crippen LogP contribution is 2.11. The van der Waals surface area contributed by atoms with Crippen LogP contribution in [0.1, 0.15) is 28.5 Å². The van der Waals surface area contributed by atoms with Crippen molar-refractivity contribution in [3.05, 3.63) is 59.4 Å². The zero-order chi connectivity index (χ0) is 13.5. The summed E-state index contributed by atoms with van der Waals surface area (Å²) in [5, 5.41) is 2.69. The van der Waals surface area contributed by atoms with Crippen molar-refractivity contribution in [1.29, 1.82) is 0 Å². The molecule has 0 saturated heterocycles. The summed E-state index contributed by atoms with van der Waals surface area (Å²) in [5.74, 6) is 0.0336. The predicted octanol–water partition coefficient (Wildman–Crippen LogP) is 2.48. The van der Waals surface area contributed by atoms with Gasteiger partial charge in [0, 0.05) is 18.5 Å². The van der Waals surface area contributed by atoms with Crippen LogP contribution in [0, 0.1) is 0 Å². The highest BCUT2D eigenvalue weighted by Gasteiger charge is 2.18. The first kappa shape index (κ1) is 13.4. The molecule has 1 aromatic heterocycles. The van der Waals surface area contributed by atoms with E-state index < -0.39 is 0 Å². The Morgan fingerprint density at radius 3 is 2.68 bits per heavy atom. The van der Waals surface area contributed by atoms with Crippen molar-refractivity contribution in [3.8, 4) is 0 Å². The van der Waals surface area contributed by atoms with Crippen molar-refractivity contribution in [3.63, 3.8) is 0 Å². The Hall–Kier alpha value is -2.07. The molecular weight excluding hydrogens is 240 g/mol. The first-order valence-electron chi connectivity index (χ1n) is 6.37. The molecule has 1 amide bonds. The molecule has 2 N–H and O–H groups in total. The van der Waals surface area contributed by atoms with E-state index in [1.54, 1.807) is 12.3 Å². The minimum absolute atomic E-state index is 0.0336. The monoisotopic (exact) mass is 258 g/mol. The Bertz CT molecular complexity index is 520. The van der Waals surface area contributed by atoms with E-state index in [-0.39, 0.29) is 5.91 Å². The van der Waals surface area contributed by atoms with Crippen LogP contribution in [-0.4, -0.2) is 17.5 Å². The number of benzene rings is 1. The van der Waals surface area contributed by atoms with Gasteiger partial charge in [-0.3, -0.25) is 4.79 Å². The number of ether oxygens (including phenoxy) is 1. The van der Waals surface area contributed by atoms with Gasteiger partial charge in [0.25, 0.3) is 5.91 Å². The van der Waals surface area contributed by atoms with Gasteiger partial charge in [0.05, 0.1) is 18.7 Å². The molecule has 4 heteroatoms. The molecule has 3 rings (SSSR count). The third-order valence-corrected chi connectivity index (χ3v) is 2.82. The van der Waals surface area contributed by atoms with Gasteiger partial charge in [0.15, 0.2) is 0 Å². The molecule has 1 aliphatic heterocycles. The van der Waals surface area contributed by atoms with Crippen LogP contribution in [-0.2, 0) is 17.9 Å². The van der Waals surface area contributed by atoms with Gasteiger partial charge < -0.3 is 15.0 Å². The van der Waals surface area contributed by atoms with Gasteiger partial charge >= 0.3 is 0 Å². The SMILES string of the molecule is CCOCc1ccccc1.O=C1NCc2[nH]ccc21. The summed E-state index contributed by atoms with van der Waals surface area (Å²) in [7, 11) is 0. The smallest absolute Gasteiger partial charge is 0.253 e. The van der Waals surface area contributed by atoms with Gasteiger partial charge in [-0.15, -0.1) is 0 Å². The average molecular weight is 258 g/mol. The maximum atomic E-state index is 10.8. The van der Waals surface area contributed by atoms with Crippen molar-refractivity contribution in [1.82, 2.24) is 10.3 Å². The van der Waals surface area contributed by atoms with Crippen molar-refractivity contribution < 1.29 is 9.53 Å². The zero-order valence-corrected chi connectivity index (χ0v) is 11.0. The van der Waals surface area contributed by atoms with Crippen LogP contribution in [0.15, 0.2) is 42.6 Å². The molecule has 19 heavy (non-hydrogen) atoms. The van der Waals surface area contributed by atoms with Crippen LogP contribution in [0.5, 0.6) is 0 Å². The Kier molecular flexibility index (Phi) is 4.75. The lowest BCUT2D eigenvalue weighted by Crippen LogP contribution is -2.12. The molecule has 100 valence electrons. The lowest BCUT2D eigenvalue weighted by atomic mass is 10.2. The number of carbonyl (C=O) groups excluding carboxylic acids is 1. The Morgan fingerprint density at radius 2 is 2.00 bits per heavy atom. The molecule has 0 aliphatic carbocycles. The minimum Gasteiger partial charge on any atom is -0.377 e. The van der Waals surface area contributed by atoms with Crippen molar-refractivity contribution in [2.45, 2.75) is 20.1 Å². The molecule has 0 fully saturated rings. The van der Waals surface area contributed by atoms with Crippen LogP contribution >= 0.6 is 0 Å². The fraction of sp³-hybridized carbons (Fsp3) is 0.267. The Labute approximate surface area is 112 Å². The molecule has 0 atom stereocenters. The number of fused-ring (bicyclic) bond motifs is 1. The Morgan fingerprint density at radius 1 is 1.21 bits per heavy atom. The quantitative estimate of drug-likeness (QED) is 0.888. The van der Waals surface area contributed by atoms with E-state index in [1.165, 1.54) is 5.56 Å². The zero-order valence-electron chi connectivity index (χ0n) is 11.0. The molecule has 0 radical (unpaired) electrons. The van der Waals surface area contributed by atoms with Gasteiger partial charge in [0.1, 0.15) is 0 Å². The summed E-state index contributed by atoms with van der Waals surface area (Å²) in [6.45, 7) is 4.18. The molecule has 1 aromatic carbocycles. The molecule has 2 heterocycles. The van der Waals surface area contributed by atoms with Gasteiger partial charge in [-0.2, -0.15) is 0 Å². The second-order valence-corrected chi connectivity index (χ2v) is 4.18. The number of aromatic amines is 1. The molecule has 0 spiro atoms. The maximum absolute atomic E-state index is 10.8. The van der Waals surface area contributed by atoms with Crippen LogP contribution in [0.2, 0.25) is 0 Å². The second kappa shape index (κ2) is 6.75. The standard InChI is InChI=1S/C9H12O.C6H6N2O/c1-2-10-8-9-6-4-3-5-7-9;9-6-4-1-2-7-5(4)3-8-6/h3-7H,2,8H2,1H3;1-2,7H,3H2,(H,8,9). The molecule has 2 aromatic rings. The van der Waals surface area contributed by atoms with Gasteiger partial charge in [-0.25, -0.2) is 0 Å². The van der Waals surface area contributed by atoms with Gasteiger partial charge in [-0.1, -0.05) is 30.3 Å². The topological polar surface area (TPSA) is 54.1 Å². The number of carbonyl (C=O) groups is 1. The predicted molar refractivity (Wildman–Crippen MR) is 73.7 cm³/mol. The lowest BCUT2D eigenvalue weighted by molar-refractivity contribution is 0.0965. The fourth-order valence-electron chi connectivity index (χ4n) is 1.82. The highest BCUT2D eigenvalue weighted by atomic mass is 16.5. The number of hydrogen-bond donors (Lipinski definition) is 2. The van der Waals surface area contributed by atoms with E-state index in [0.717, 1.165) is 24.5 Å². The number of hydrogen-bond acceptors (Lipinski definition) is 2. The van der Waals surface area contributed by atoms with Gasteiger partial charge in [0.2, 0.25) is 0 Å². The second-order valence-electron chi connectivity index (χ2n) is 4.18. The third-order valence-electron chi connectivity index (χ3n) is 2.82. The van der Waals surface area contributed by atoms with Crippen LogP contribution in [0.3, 0.4) is 0 Å². The van der Waals surface area contributed by atoms with Crippen molar-refractivity contribution >= 4 is 5.91 Å². The normalized spacial score (nSPS) is 12.4. The van der Waals surface area contributed by atoms with E-state index in [4.69, 9.17) is 4.74 Å². The molecule has 0 saturated carbocycles. The number of H-pyrrole nitrogens is 1. The minimum atomic E-state index is 0.0336. The largest absolute Gasteiger partial charge is 0.377 e. The Balaban J connectivity index is 0.000000141. The van der Waals surface area contributed by atoms with E-state index in [1.807, 2.05) is 25.1 Å². The average Bonchev–Trinajstić information content (AvgIpc) is 3.04. The van der Waals surface area contributed by atoms with E-state index in [0.29, 0.717) is 6.54 Å². The van der Waals surface area contributed by atoms with E-state index >= 15 is 0 Å². The third kappa shape index (κ3) is 3.69. The summed E-state index contributed by atoms with van der Waals surface area (Å²) < 4.78 is 5.22. The summed E-state index contributed by atoms with van der Waals surface area (Å²) in [4.78, 5) is 13.8. The molecule has 0 unspecified atom stereocenters. The lowest BCUT2D eigenvalue weighted by Gasteiger charge is -1.98. The summed E-state index contributed by atoms with van der Waals surface area (Å²) in [5.41, 5.74) is 3.03. The molecule has 0 bridgehead atoms. The number of nitrogens with one attached hydrogen (secondary N) is 2. The van der Waals surface area contributed by atoms with Crippen LogP contribution < -0.4 is 5.32 Å². The number of amides is 1. The van der Waals surface area contributed by atoms with Crippen molar-refractivity contribution in [2.75, 3.05) is 6.61 Å². The van der Waals surface area contributed by atoms with Gasteiger partial charge in [-0.05, 0) is 18.6 Å².